The van der Waals surface area contributed by atoms with Gasteiger partial charge in [-0.2, -0.15) is 5.48 Å². The highest BCUT2D eigenvalue weighted by Crippen LogP contribution is 2.16. The first kappa shape index (κ1) is 23.5. The van der Waals surface area contributed by atoms with Gasteiger partial charge in [0.25, 0.3) is 0 Å². The molecular formula is C17H27N3O8. The monoisotopic (exact) mass is 401 g/mol. The van der Waals surface area contributed by atoms with Crippen LogP contribution in [0.4, 0.5) is 10.7 Å². The van der Waals surface area contributed by atoms with Crippen LogP contribution < -0.4 is 10.8 Å². The number of carbonyl (C=O) groups excluding carboxylic acids is 2. The van der Waals surface area contributed by atoms with Crippen LogP contribution in [0.5, 0.6) is 0 Å². The Morgan fingerprint density at radius 3 is 2.46 bits per heavy atom. The molecule has 158 valence electrons. The molecule has 0 saturated heterocycles. The van der Waals surface area contributed by atoms with Crippen LogP contribution >= 0.6 is 0 Å². The number of alkyl carbamates (subject to hydrolysis) is 1. The molecule has 0 aromatic carbocycles. The predicted octanol–water partition coefficient (Wildman–Crippen LogP) is 2.10. The maximum atomic E-state index is 12.2. The molecule has 11 heteroatoms. The average Bonchev–Trinajstić information content (AvgIpc) is 3.01. The number of hydrogen-bond donors (Lipinski definition) is 2. The number of nitro groups is 1. The number of Topliss-reactive ketones (excluding diaryl/α,β-unsaturated/α-hetero) is 1. The van der Waals surface area contributed by atoms with Crippen molar-refractivity contribution in [3.8, 4) is 0 Å². The van der Waals surface area contributed by atoms with E-state index in [2.05, 4.69) is 10.8 Å². The molecule has 0 spiro atoms. The predicted molar refractivity (Wildman–Crippen MR) is 97.4 cm³/mol. The van der Waals surface area contributed by atoms with E-state index in [1.165, 1.54) is 12.1 Å². The van der Waals surface area contributed by atoms with Crippen molar-refractivity contribution in [1.29, 1.82) is 0 Å². The molecule has 0 atom stereocenters. The van der Waals surface area contributed by atoms with Crippen LogP contribution in [0.1, 0.15) is 40.4 Å². The van der Waals surface area contributed by atoms with Crippen molar-refractivity contribution < 1.29 is 33.2 Å². The van der Waals surface area contributed by atoms with Gasteiger partial charge in [0, 0.05) is 6.54 Å². The Labute approximate surface area is 162 Å². The highest BCUT2D eigenvalue weighted by Gasteiger charge is 2.27. The van der Waals surface area contributed by atoms with Gasteiger partial charge in [-0.15, -0.1) is 0 Å². The lowest BCUT2D eigenvalue weighted by molar-refractivity contribution is -0.402. The molecular weight excluding hydrogens is 374 g/mol. The summed E-state index contributed by atoms with van der Waals surface area (Å²) < 4.78 is 15.2. The Bertz CT molecular complexity index is 678. The Morgan fingerprint density at radius 2 is 1.89 bits per heavy atom. The third-order valence-electron chi connectivity index (χ3n) is 3.20. The average molecular weight is 401 g/mol. The van der Waals surface area contributed by atoms with Crippen molar-refractivity contribution in [1.82, 2.24) is 10.8 Å². The summed E-state index contributed by atoms with van der Waals surface area (Å²) in [4.78, 5) is 38.8. The van der Waals surface area contributed by atoms with Crippen molar-refractivity contribution >= 4 is 17.8 Å². The molecule has 1 amide bonds. The zero-order chi connectivity index (χ0) is 21.4. The van der Waals surface area contributed by atoms with E-state index in [-0.39, 0.29) is 43.8 Å². The van der Waals surface area contributed by atoms with Crippen LogP contribution in [0, 0.1) is 10.1 Å². The maximum Gasteiger partial charge on any atom is 0.433 e. The number of hydroxylamine groups is 1. The number of rotatable bonds is 11. The summed E-state index contributed by atoms with van der Waals surface area (Å²) in [5, 5.41) is 13.1. The second-order valence-corrected chi connectivity index (χ2v) is 7.42. The topological polar surface area (TPSA) is 142 Å². The van der Waals surface area contributed by atoms with Gasteiger partial charge in [-0.1, -0.05) is 0 Å². The Kier molecular flexibility index (Phi) is 8.54. The van der Waals surface area contributed by atoms with Crippen LogP contribution in [-0.2, 0) is 25.7 Å². The number of furan rings is 1. The first-order chi connectivity index (χ1) is 12.9. The van der Waals surface area contributed by atoms with Crippen molar-refractivity contribution in [2.45, 2.75) is 52.4 Å². The summed E-state index contributed by atoms with van der Waals surface area (Å²) in [5.41, 5.74) is 0.988. The quantitative estimate of drug-likeness (QED) is 0.324. The summed E-state index contributed by atoms with van der Waals surface area (Å²) in [6.45, 7) is 8.49. The van der Waals surface area contributed by atoms with Crippen LogP contribution in [0.2, 0.25) is 0 Å². The Balaban J connectivity index is 2.24. The van der Waals surface area contributed by atoms with E-state index in [4.69, 9.17) is 18.7 Å². The fraction of sp³-hybridized carbons (Fsp3) is 0.647. The number of ether oxygens (including phenoxy) is 2. The minimum absolute atomic E-state index is 0.0731. The van der Waals surface area contributed by atoms with E-state index in [1.807, 2.05) is 0 Å². The molecule has 1 heterocycles. The number of nitrogens with zero attached hydrogens (tertiary/aromatic N) is 1. The Hall–Kier alpha value is -2.50. The Morgan fingerprint density at radius 1 is 1.21 bits per heavy atom. The molecule has 1 aromatic heterocycles. The molecule has 1 aromatic rings. The van der Waals surface area contributed by atoms with Gasteiger partial charge < -0.3 is 19.2 Å². The lowest BCUT2D eigenvalue weighted by atomic mass is 10.0. The van der Waals surface area contributed by atoms with Crippen molar-refractivity contribution in [3.05, 3.63) is 28.0 Å². The van der Waals surface area contributed by atoms with Crippen LogP contribution in [0.25, 0.3) is 0 Å². The molecule has 0 aliphatic heterocycles. The minimum Gasteiger partial charge on any atom is -0.444 e. The summed E-state index contributed by atoms with van der Waals surface area (Å²) in [6, 6.07) is 2.62. The van der Waals surface area contributed by atoms with E-state index in [0.717, 1.165) is 0 Å². The zero-order valence-electron chi connectivity index (χ0n) is 16.7. The van der Waals surface area contributed by atoms with Gasteiger partial charge in [0.1, 0.15) is 29.5 Å². The van der Waals surface area contributed by atoms with Crippen molar-refractivity contribution in [2.75, 3.05) is 19.8 Å². The zero-order valence-corrected chi connectivity index (χ0v) is 16.7. The summed E-state index contributed by atoms with van der Waals surface area (Å²) in [6.07, 6.45) is -0.557. The fourth-order valence-corrected chi connectivity index (χ4v) is 1.77. The van der Waals surface area contributed by atoms with E-state index in [9.17, 15) is 19.7 Å². The lowest BCUT2D eigenvalue weighted by Crippen LogP contribution is -2.49. The molecule has 0 radical (unpaired) electrons. The molecule has 0 aliphatic rings. The summed E-state index contributed by atoms with van der Waals surface area (Å²) >= 11 is 0. The molecule has 0 unspecified atom stereocenters. The second kappa shape index (κ2) is 10.2. The molecule has 1 rings (SSSR count). The first-order valence-electron chi connectivity index (χ1n) is 8.60. The van der Waals surface area contributed by atoms with E-state index >= 15 is 0 Å². The highest BCUT2D eigenvalue weighted by molar-refractivity contribution is 5.88. The molecule has 0 bridgehead atoms. The standard InChI is InChI=1S/C17H27N3O8/c1-16(2,3)28-15(22)18-8-9-26-19-17(4,5)13(21)11-25-10-12-6-7-14(27-12)20(23)24/h6-7,19H,8-11H2,1-5H3,(H,18,22). The van der Waals surface area contributed by atoms with Gasteiger partial charge in [-0.3, -0.25) is 19.7 Å². The molecule has 11 nitrogen and oxygen atoms in total. The van der Waals surface area contributed by atoms with E-state index in [0.29, 0.717) is 0 Å². The molecule has 0 aliphatic carbocycles. The lowest BCUT2D eigenvalue weighted by Gasteiger charge is -2.24. The van der Waals surface area contributed by atoms with Crippen molar-refractivity contribution in [2.24, 2.45) is 0 Å². The number of amides is 1. The van der Waals surface area contributed by atoms with Crippen LogP contribution in [0.3, 0.4) is 0 Å². The normalized spacial score (nSPS) is 11.9. The molecule has 0 saturated carbocycles. The molecule has 28 heavy (non-hydrogen) atoms. The maximum absolute atomic E-state index is 12.2. The summed E-state index contributed by atoms with van der Waals surface area (Å²) in [5.74, 6) is -0.441. The number of nitrogens with one attached hydrogen (secondary N) is 2. The highest BCUT2D eigenvalue weighted by atomic mass is 16.7. The number of ketones is 1. The molecule has 2 N–H and O–H groups in total. The number of hydrogen-bond acceptors (Lipinski definition) is 9. The smallest absolute Gasteiger partial charge is 0.433 e. The van der Waals surface area contributed by atoms with Gasteiger partial charge in [0.05, 0.1) is 18.2 Å². The summed E-state index contributed by atoms with van der Waals surface area (Å²) in [7, 11) is 0. The number of carbonyl (C=O) groups is 2. The third kappa shape index (κ3) is 8.93. The SMILES string of the molecule is CC(C)(C)OC(=O)NCCONC(C)(C)C(=O)COCc1ccc([N+](=O)[O-])o1. The van der Waals surface area contributed by atoms with Gasteiger partial charge in [0.15, 0.2) is 5.78 Å². The second-order valence-electron chi connectivity index (χ2n) is 7.42. The first-order valence-corrected chi connectivity index (χ1v) is 8.60. The van der Waals surface area contributed by atoms with Gasteiger partial charge in [-0.25, -0.2) is 4.79 Å². The van der Waals surface area contributed by atoms with Gasteiger partial charge in [0.2, 0.25) is 0 Å². The molecule has 0 fully saturated rings. The largest absolute Gasteiger partial charge is 0.444 e. The van der Waals surface area contributed by atoms with Crippen molar-refractivity contribution in [3.63, 3.8) is 0 Å². The van der Waals surface area contributed by atoms with Gasteiger partial charge in [-0.05, 0) is 40.7 Å². The fourth-order valence-electron chi connectivity index (χ4n) is 1.77. The minimum atomic E-state index is -1.04. The third-order valence-corrected chi connectivity index (χ3v) is 3.20. The van der Waals surface area contributed by atoms with E-state index in [1.54, 1.807) is 34.6 Å². The van der Waals surface area contributed by atoms with Gasteiger partial charge >= 0.3 is 12.0 Å². The van der Waals surface area contributed by atoms with Crippen LogP contribution in [-0.4, -0.2) is 47.7 Å². The van der Waals surface area contributed by atoms with Crippen LogP contribution in [0.15, 0.2) is 16.5 Å². The van der Waals surface area contributed by atoms with E-state index < -0.39 is 22.2 Å².